The summed E-state index contributed by atoms with van der Waals surface area (Å²) in [7, 11) is 0. The first kappa shape index (κ1) is 16.9. The van der Waals surface area contributed by atoms with Gasteiger partial charge in [0.05, 0.1) is 11.3 Å². The lowest BCUT2D eigenvalue weighted by Gasteiger charge is -2.18. The van der Waals surface area contributed by atoms with E-state index in [-0.39, 0.29) is 0 Å². The Hall–Kier alpha value is -2.45. The molecule has 0 saturated heterocycles. The normalized spacial score (nSPS) is 11.1. The molecule has 0 spiro atoms. The fraction of sp³-hybridized carbons (Fsp3) is 0.267. The van der Waals surface area contributed by atoms with E-state index in [1.807, 2.05) is 24.3 Å². The standard InChI is InChI=1S/C15H17N3O4S/c1-15(2,21)10-5-3-4-9(6-10)11-8-23-14(17-11)18-12(19)7-22-13(16)20/h3-6,8,21H,7H2,1-2H3,(H2,16,20)(H,17,18,19). The third-order valence-corrected chi connectivity index (χ3v) is 3.72. The largest absolute Gasteiger partial charge is 0.440 e. The number of hydrogen-bond donors (Lipinski definition) is 3. The van der Waals surface area contributed by atoms with Crippen molar-refractivity contribution in [3.05, 3.63) is 35.2 Å². The number of aliphatic hydroxyl groups is 1. The molecule has 7 nitrogen and oxygen atoms in total. The second-order valence-electron chi connectivity index (χ2n) is 5.33. The smallest absolute Gasteiger partial charge is 0.405 e. The van der Waals surface area contributed by atoms with Crippen molar-refractivity contribution >= 4 is 28.5 Å². The molecule has 2 amide bonds. The maximum atomic E-state index is 11.5. The van der Waals surface area contributed by atoms with Crippen LogP contribution in [0.4, 0.5) is 9.93 Å². The summed E-state index contributed by atoms with van der Waals surface area (Å²) in [5.41, 5.74) is 6.11. The van der Waals surface area contributed by atoms with Crippen LogP contribution in [-0.4, -0.2) is 28.7 Å². The molecule has 122 valence electrons. The molecule has 1 aromatic carbocycles. The van der Waals surface area contributed by atoms with Crippen LogP contribution in [0.15, 0.2) is 29.6 Å². The lowest BCUT2D eigenvalue weighted by Crippen LogP contribution is -2.23. The van der Waals surface area contributed by atoms with Crippen LogP contribution in [0.5, 0.6) is 0 Å². The quantitative estimate of drug-likeness (QED) is 0.774. The molecule has 0 radical (unpaired) electrons. The number of rotatable bonds is 5. The van der Waals surface area contributed by atoms with Crippen LogP contribution in [0.3, 0.4) is 0 Å². The minimum absolute atomic E-state index is 0.381. The molecule has 0 atom stereocenters. The van der Waals surface area contributed by atoms with Crippen LogP contribution in [0.1, 0.15) is 19.4 Å². The highest BCUT2D eigenvalue weighted by molar-refractivity contribution is 7.14. The van der Waals surface area contributed by atoms with Gasteiger partial charge in [-0.3, -0.25) is 10.1 Å². The summed E-state index contributed by atoms with van der Waals surface area (Å²) < 4.78 is 4.40. The number of anilines is 1. The van der Waals surface area contributed by atoms with Crippen molar-refractivity contribution in [2.45, 2.75) is 19.4 Å². The second kappa shape index (κ2) is 6.76. The van der Waals surface area contributed by atoms with E-state index >= 15 is 0 Å². The predicted molar refractivity (Wildman–Crippen MR) is 87.0 cm³/mol. The highest BCUT2D eigenvalue weighted by Crippen LogP contribution is 2.28. The van der Waals surface area contributed by atoms with Crippen molar-refractivity contribution in [1.29, 1.82) is 0 Å². The first-order chi connectivity index (χ1) is 10.8. The molecule has 1 aromatic heterocycles. The molecule has 0 aliphatic carbocycles. The number of nitrogens with zero attached hydrogens (tertiary/aromatic N) is 1. The minimum Gasteiger partial charge on any atom is -0.440 e. The van der Waals surface area contributed by atoms with E-state index in [1.54, 1.807) is 19.2 Å². The summed E-state index contributed by atoms with van der Waals surface area (Å²) in [6.45, 7) is 2.95. The first-order valence-electron chi connectivity index (χ1n) is 6.76. The lowest BCUT2D eigenvalue weighted by atomic mass is 9.96. The van der Waals surface area contributed by atoms with E-state index in [2.05, 4.69) is 15.0 Å². The number of nitrogens with one attached hydrogen (secondary N) is 1. The molecule has 0 unspecified atom stereocenters. The van der Waals surface area contributed by atoms with E-state index in [1.165, 1.54) is 11.3 Å². The topological polar surface area (TPSA) is 115 Å². The Kier molecular flexibility index (Phi) is 4.97. The van der Waals surface area contributed by atoms with Crippen LogP contribution in [0, 0.1) is 0 Å². The van der Waals surface area contributed by atoms with Crippen LogP contribution in [-0.2, 0) is 15.1 Å². The van der Waals surface area contributed by atoms with Crippen LogP contribution >= 0.6 is 11.3 Å². The monoisotopic (exact) mass is 335 g/mol. The third-order valence-electron chi connectivity index (χ3n) is 2.96. The van der Waals surface area contributed by atoms with Gasteiger partial charge in [-0.05, 0) is 25.5 Å². The summed E-state index contributed by atoms with van der Waals surface area (Å²) in [5.74, 6) is -0.519. The number of hydrogen-bond acceptors (Lipinski definition) is 6. The Bertz CT molecular complexity index is 722. The van der Waals surface area contributed by atoms with E-state index in [9.17, 15) is 14.7 Å². The first-order valence-corrected chi connectivity index (χ1v) is 7.64. The number of carbonyl (C=O) groups is 2. The van der Waals surface area contributed by atoms with E-state index in [0.29, 0.717) is 10.8 Å². The molecular weight excluding hydrogens is 318 g/mol. The number of nitrogens with two attached hydrogens (primary N) is 1. The molecule has 0 saturated carbocycles. The molecular formula is C15H17N3O4S. The van der Waals surface area contributed by atoms with Crippen molar-refractivity contribution in [2.75, 3.05) is 11.9 Å². The molecule has 0 bridgehead atoms. The van der Waals surface area contributed by atoms with Gasteiger partial charge < -0.3 is 15.6 Å². The average Bonchev–Trinajstić information content (AvgIpc) is 2.93. The van der Waals surface area contributed by atoms with Gasteiger partial charge >= 0.3 is 6.09 Å². The van der Waals surface area contributed by atoms with Gasteiger partial charge in [-0.1, -0.05) is 18.2 Å². The molecule has 0 fully saturated rings. The van der Waals surface area contributed by atoms with Crippen molar-refractivity contribution in [3.63, 3.8) is 0 Å². The Labute approximate surface area is 137 Å². The Morgan fingerprint density at radius 2 is 2.17 bits per heavy atom. The van der Waals surface area contributed by atoms with E-state index < -0.39 is 24.2 Å². The Morgan fingerprint density at radius 1 is 1.43 bits per heavy atom. The highest BCUT2D eigenvalue weighted by atomic mass is 32.1. The maximum absolute atomic E-state index is 11.5. The molecule has 0 aliphatic heterocycles. The number of thiazole rings is 1. The Balaban J connectivity index is 2.10. The van der Waals surface area contributed by atoms with Gasteiger partial charge in [0, 0.05) is 10.9 Å². The zero-order chi connectivity index (χ0) is 17.0. The van der Waals surface area contributed by atoms with Gasteiger partial charge in [-0.25, -0.2) is 9.78 Å². The molecule has 8 heteroatoms. The van der Waals surface area contributed by atoms with Crippen LogP contribution in [0.25, 0.3) is 11.3 Å². The number of benzene rings is 1. The summed E-state index contributed by atoms with van der Waals surface area (Å²) >= 11 is 1.24. The Morgan fingerprint density at radius 3 is 2.83 bits per heavy atom. The fourth-order valence-electron chi connectivity index (χ4n) is 1.81. The number of carbonyl (C=O) groups excluding carboxylic acids is 2. The van der Waals surface area contributed by atoms with E-state index in [0.717, 1.165) is 11.1 Å². The van der Waals surface area contributed by atoms with Crippen LogP contribution < -0.4 is 11.1 Å². The van der Waals surface area contributed by atoms with E-state index in [4.69, 9.17) is 5.73 Å². The summed E-state index contributed by atoms with van der Waals surface area (Å²) in [6.07, 6.45) is -1.01. The molecule has 1 heterocycles. The maximum Gasteiger partial charge on any atom is 0.405 e. The minimum atomic E-state index is -1.01. The molecule has 4 N–H and O–H groups in total. The fourth-order valence-corrected chi connectivity index (χ4v) is 2.55. The van der Waals surface area contributed by atoms with Crippen molar-refractivity contribution in [1.82, 2.24) is 4.98 Å². The van der Waals surface area contributed by atoms with Gasteiger partial charge in [-0.15, -0.1) is 11.3 Å². The molecule has 2 aromatic rings. The summed E-state index contributed by atoms with van der Waals surface area (Å²) in [4.78, 5) is 26.3. The van der Waals surface area contributed by atoms with Crippen molar-refractivity contribution in [3.8, 4) is 11.3 Å². The SMILES string of the molecule is CC(C)(O)c1cccc(-c2csc(NC(=O)COC(N)=O)n2)c1. The third kappa shape index (κ3) is 4.76. The number of primary amides is 1. The van der Waals surface area contributed by atoms with Crippen molar-refractivity contribution in [2.24, 2.45) is 5.73 Å². The average molecular weight is 335 g/mol. The van der Waals surface area contributed by atoms with Gasteiger partial charge in [0.25, 0.3) is 5.91 Å². The second-order valence-corrected chi connectivity index (χ2v) is 6.19. The summed E-state index contributed by atoms with van der Waals surface area (Å²) in [6, 6.07) is 7.38. The summed E-state index contributed by atoms with van der Waals surface area (Å²) in [5, 5.41) is 14.7. The molecule has 0 aliphatic rings. The van der Waals surface area contributed by atoms with Gasteiger partial charge in [0.1, 0.15) is 0 Å². The highest BCUT2D eigenvalue weighted by Gasteiger charge is 2.17. The lowest BCUT2D eigenvalue weighted by molar-refractivity contribution is -0.118. The van der Waals surface area contributed by atoms with Crippen molar-refractivity contribution < 1.29 is 19.4 Å². The predicted octanol–water partition coefficient (Wildman–Crippen LogP) is 2.07. The number of ether oxygens (including phenoxy) is 1. The molecule has 2 rings (SSSR count). The molecule has 23 heavy (non-hydrogen) atoms. The van der Waals surface area contributed by atoms with Gasteiger partial charge in [-0.2, -0.15) is 0 Å². The zero-order valence-electron chi connectivity index (χ0n) is 12.7. The number of aromatic nitrogens is 1. The zero-order valence-corrected chi connectivity index (χ0v) is 13.5. The van der Waals surface area contributed by atoms with Crippen LogP contribution in [0.2, 0.25) is 0 Å². The van der Waals surface area contributed by atoms with Gasteiger partial charge in [0.15, 0.2) is 11.7 Å². The van der Waals surface area contributed by atoms with Gasteiger partial charge in [0.2, 0.25) is 0 Å². The number of amides is 2.